The van der Waals surface area contributed by atoms with Crippen LogP contribution in [0.4, 0.5) is 0 Å². The lowest BCUT2D eigenvalue weighted by atomic mass is 10.1. The molecule has 1 aromatic carbocycles. The quantitative estimate of drug-likeness (QED) is 0.770. The zero-order valence-corrected chi connectivity index (χ0v) is 11.3. The highest BCUT2D eigenvalue weighted by Crippen LogP contribution is 2.46. The SMILES string of the molecule is OCc1c(CO)c2sc3ccccc3n2c1C1CC1. The van der Waals surface area contributed by atoms with E-state index in [0.29, 0.717) is 5.92 Å². The van der Waals surface area contributed by atoms with Crippen LogP contribution in [0, 0.1) is 0 Å². The standard InChI is InChI=1S/C15H15NO2S/c17-7-10-11(8-18)15-16(14(10)9-5-6-9)12-3-1-2-4-13(12)19-15/h1-4,9,17-18H,5-8H2. The summed E-state index contributed by atoms with van der Waals surface area (Å²) in [7, 11) is 0. The molecule has 4 rings (SSSR count). The zero-order valence-electron chi connectivity index (χ0n) is 10.5. The van der Waals surface area contributed by atoms with Crippen LogP contribution in [-0.4, -0.2) is 14.6 Å². The van der Waals surface area contributed by atoms with Gasteiger partial charge in [0.05, 0.1) is 23.4 Å². The summed E-state index contributed by atoms with van der Waals surface area (Å²) in [4.78, 5) is 1.09. The van der Waals surface area contributed by atoms with Crippen molar-refractivity contribution in [3.63, 3.8) is 0 Å². The number of benzene rings is 1. The maximum Gasteiger partial charge on any atom is 0.106 e. The molecule has 0 bridgehead atoms. The molecule has 0 radical (unpaired) electrons. The molecule has 3 nitrogen and oxygen atoms in total. The molecule has 1 aliphatic carbocycles. The number of aliphatic hydroxyl groups excluding tert-OH is 2. The molecule has 1 saturated carbocycles. The summed E-state index contributed by atoms with van der Waals surface area (Å²) in [5.74, 6) is 0.549. The smallest absolute Gasteiger partial charge is 0.106 e. The van der Waals surface area contributed by atoms with Crippen LogP contribution in [0.2, 0.25) is 0 Å². The lowest BCUT2D eigenvalue weighted by Gasteiger charge is -2.03. The first-order chi connectivity index (χ1) is 9.35. The molecule has 0 spiro atoms. The van der Waals surface area contributed by atoms with Crippen LogP contribution in [-0.2, 0) is 13.2 Å². The Morgan fingerprint density at radius 1 is 1.11 bits per heavy atom. The molecule has 19 heavy (non-hydrogen) atoms. The van der Waals surface area contributed by atoms with Crippen LogP contribution in [0.3, 0.4) is 0 Å². The molecular weight excluding hydrogens is 258 g/mol. The molecule has 0 amide bonds. The minimum absolute atomic E-state index is 0.00106. The van der Waals surface area contributed by atoms with Crippen molar-refractivity contribution in [1.29, 1.82) is 0 Å². The van der Waals surface area contributed by atoms with E-state index in [1.807, 2.05) is 12.1 Å². The first-order valence-electron chi connectivity index (χ1n) is 6.60. The van der Waals surface area contributed by atoms with Crippen molar-refractivity contribution in [2.75, 3.05) is 0 Å². The van der Waals surface area contributed by atoms with Gasteiger partial charge in [0.25, 0.3) is 0 Å². The van der Waals surface area contributed by atoms with Gasteiger partial charge in [0.15, 0.2) is 0 Å². The van der Waals surface area contributed by atoms with Crippen LogP contribution in [0.15, 0.2) is 24.3 Å². The Morgan fingerprint density at radius 2 is 1.84 bits per heavy atom. The highest BCUT2D eigenvalue weighted by molar-refractivity contribution is 7.24. The van der Waals surface area contributed by atoms with Crippen molar-refractivity contribution in [1.82, 2.24) is 4.40 Å². The van der Waals surface area contributed by atoms with Gasteiger partial charge in [-0.1, -0.05) is 12.1 Å². The Bertz CT molecular complexity index is 767. The van der Waals surface area contributed by atoms with E-state index in [4.69, 9.17) is 0 Å². The second-order valence-corrected chi connectivity index (χ2v) is 6.17. The van der Waals surface area contributed by atoms with Gasteiger partial charge in [-0.25, -0.2) is 0 Å². The van der Waals surface area contributed by atoms with Gasteiger partial charge in [0.1, 0.15) is 4.83 Å². The number of para-hydroxylation sites is 1. The fourth-order valence-corrected chi connectivity index (χ4v) is 4.18. The molecule has 0 aliphatic heterocycles. The number of hydrogen-bond acceptors (Lipinski definition) is 3. The van der Waals surface area contributed by atoms with Crippen molar-refractivity contribution in [3.8, 4) is 0 Å². The maximum absolute atomic E-state index is 9.68. The summed E-state index contributed by atoms with van der Waals surface area (Å²) >= 11 is 1.70. The summed E-state index contributed by atoms with van der Waals surface area (Å²) in [6, 6.07) is 8.32. The van der Waals surface area contributed by atoms with E-state index in [2.05, 4.69) is 16.5 Å². The molecule has 2 N–H and O–H groups in total. The van der Waals surface area contributed by atoms with Gasteiger partial charge in [-0.15, -0.1) is 11.3 Å². The Morgan fingerprint density at radius 3 is 2.53 bits per heavy atom. The second-order valence-electron chi connectivity index (χ2n) is 5.14. The lowest BCUT2D eigenvalue weighted by Crippen LogP contribution is -1.95. The van der Waals surface area contributed by atoms with Gasteiger partial charge in [-0.2, -0.15) is 0 Å². The molecule has 2 heterocycles. The van der Waals surface area contributed by atoms with E-state index >= 15 is 0 Å². The Hall–Kier alpha value is -1.36. The van der Waals surface area contributed by atoms with Crippen molar-refractivity contribution < 1.29 is 10.2 Å². The van der Waals surface area contributed by atoms with Crippen LogP contribution < -0.4 is 0 Å². The van der Waals surface area contributed by atoms with Gasteiger partial charge < -0.3 is 14.6 Å². The maximum atomic E-state index is 9.68. The first-order valence-corrected chi connectivity index (χ1v) is 7.42. The van der Waals surface area contributed by atoms with E-state index < -0.39 is 0 Å². The minimum atomic E-state index is -0.00106. The first kappa shape index (κ1) is 11.5. The molecule has 1 fully saturated rings. The molecule has 4 heteroatoms. The summed E-state index contributed by atoms with van der Waals surface area (Å²) in [6.07, 6.45) is 2.38. The topological polar surface area (TPSA) is 44.9 Å². The molecular formula is C15H15NO2S. The van der Waals surface area contributed by atoms with E-state index in [0.717, 1.165) is 16.0 Å². The molecule has 0 atom stereocenters. The van der Waals surface area contributed by atoms with E-state index in [1.54, 1.807) is 11.3 Å². The van der Waals surface area contributed by atoms with Crippen molar-refractivity contribution in [2.45, 2.75) is 32.0 Å². The van der Waals surface area contributed by atoms with E-state index in [-0.39, 0.29) is 13.2 Å². The zero-order chi connectivity index (χ0) is 13.0. The highest BCUT2D eigenvalue weighted by atomic mass is 32.1. The number of rotatable bonds is 3. The average Bonchev–Trinajstić information content (AvgIpc) is 3.13. The predicted octanol–water partition coefficient (Wildman–Crippen LogP) is 3.02. The van der Waals surface area contributed by atoms with Crippen LogP contribution in [0.1, 0.15) is 35.6 Å². The molecule has 1 aliphatic rings. The van der Waals surface area contributed by atoms with Crippen molar-refractivity contribution >= 4 is 26.4 Å². The highest BCUT2D eigenvalue weighted by Gasteiger charge is 2.32. The van der Waals surface area contributed by atoms with Gasteiger partial charge in [-0.3, -0.25) is 0 Å². The second kappa shape index (κ2) is 4.07. The van der Waals surface area contributed by atoms with E-state index in [9.17, 15) is 10.2 Å². The lowest BCUT2D eigenvalue weighted by molar-refractivity contribution is 0.261. The summed E-state index contributed by atoms with van der Waals surface area (Å²) < 4.78 is 3.49. The third-order valence-corrected chi connectivity index (χ3v) is 5.16. The summed E-state index contributed by atoms with van der Waals surface area (Å²) in [6.45, 7) is 0.0173. The normalized spacial score (nSPS) is 15.7. The number of hydrogen-bond donors (Lipinski definition) is 2. The van der Waals surface area contributed by atoms with Gasteiger partial charge >= 0.3 is 0 Å². The molecule has 0 unspecified atom stereocenters. The average molecular weight is 273 g/mol. The Balaban J connectivity index is 2.18. The number of aromatic nitrogens is 1. The van der Waals surface area contributed by atoms with Gasteiger partial charge in [-0.05, 0) is 25.0 Å². The number of fused-ring (bicyclic) bond motifs is 3. The fourth-order valence-electron chi connectivity index (χ4n) is 2.97. The Labute approximate surface area is 114 Å². The minimum Gasteiger partial charge on any atom is -0.392 e. The van der Waals surface area contributed by atoms with Crippen LogP contribution >= 0.6 is 11.3 Å². The molecule has 2 aromatic heterocycles. The van der Waals surface area contributed by atoms with E-state index in [1.165, 1.54) is 28.8 Å². The van der Waals surface area contributed by atoms with Crippen LogP contribution in [0.5, 0.6) is 0 Å². The van der Waals surface area contributed by atoms with Gasteiger partial charge in [0.2, 0.25) is 0 Å². The van der Waals surface area contributed by atoms with Crippen molar-refractivity contribution in [3.05, 3.63) is 41.1 Å². The Kier molecular flexibility index (Phi) is 2.45. The number of nitrogens with zero attached hydrogens (tertiary/aromatic N) is 1. The number of aliphatic hydroxyl groups is 2. The largest absolute Gasteiger partial charge is 0.392 e. The number of thiazole rings is 1. The predicted molar refractivity (Wildman–Crippen MR) is 76.6 cm³/mol. The van der Waals surface area contributed by atoms with Crippen molar-refractivity contribution in [2.24, 2.45) is 0 Å². The molecule has 98 valence electrons. The van der Waals surface area contributed by atoms with Crippen LogP contribution in [0.25, 0.3) is 15.0 Å². The third kappa shape index (κ3) is 1.51. The van der Waals surface area contributed by atoms with Gasteiger partial charge in [0, 0.05) is 22.7 Å². The monoisotopic (exact) mass is 273 g/mol. The molecule has 0 saturated heterocycles. The summed E-state index contributed by atoms with van der Waals surface area (Å²) in [5.41, 5.74) is 4.27. The molecule has 3 aromatic rings. The summed E-state index contributed by atoms with van der Waals surface area (Å²) in [5, 5.41) is 19.3. The fraction of sp³-hybridized carbons (Fsp3) is 0.333. The third-order valence-electron chi connectivity index (χ3n) is 3.97.